The molecular weight excluding hydrogens is 263 g/mol. The van der Waals surface area contributed by atoms with Crippen LogP contribution in [0.3, 0.4) is 0 Å². The minimum atomic E-state index is -1.13. The van der Waals surface area contributed by atoms with Gasteiger partial charge < -0.3 is 10.0 Å². The lowest BCUT2D eigenvalue weighted by molar-refractivity contribution is 0.0697. The normalized spacial score (nSPS) is 10.1. The predicted octanol–water partition coefficient (Wildman–Crippen LogP) is 2.20. The summed E-state index contributed by atoms with van der Waals surface area (Å²) in [5.74, 6) is -2.28. The van der Waals surface area contributed by atoms with Gasteiger partial charge in [-0.05, 0) is 24.3 Å². The van der Waals surface area contributed by atoms with Crippen LogP contribution in [-0.4, -0.2) is 29.0 Å². The van der Waals surface area contributed by atoms with Gasteiger partial charge in [0.05, 0.1) is 16.8 Å². The maximum Gasteiger partial charge on any atom is 0.337 e. The van der Waals surface area contributed by atoms with Crippen LogP contribution in [0.1, 0.15) is 20.7 Å². The van der Waals surface area contributed by atoms with Crippen LogP contribution in [0.15, 0.2) is 42.6 Å². The third-order valence-corrected chi connectivity index (χ3v) is 2.77. The van der Waals surface area contributed by atoms with Gasteiger partial charge in [-0.1, -0.05) is 12.1 Å². The number of nitrogens with zero attached hydrogens (tertiary/aromatic N) is 2. The Morgan fingerprint density at radius 2 is 1.90 bits per heavy atom. The van der Waals surface area contributed by atoms with E-state index in [9.17, 15) is 14.0 Å². The molecule has 6 heteroatoms. The Morgan fingerprint density at radius 3 is 2.50 bits per heavy atom. The number of amides is 1. The minimum Gasteiger partial charge on any atom is -0.478 e. The van der Waals surface area contributed by atoms with Crippen LogP contribution in [0.5, 0.6) is 0 Å². The molecule has 0 atom stereocenters. The monoisotopic (exact) mass is 274 g/mol. The summed E-state index contributed by atoms with van der Waals surface area (Å²) in [6.45, 7) is 0. The van der Waals surface area contributed by atoms with E-state index >= 15 is 0 Å². The number of carbonyl (C=O) groups is 2. The predicted molar refractivity (Wildman–Crippen MR) is 70.3 cm³/mol. The largest absolute Gasteiger partial charge is 0.478 e. The van der Waals surface area contributed by atoms with E-state index in [1.54, 1.807) is 12.1 Å². The number of carboxylic acid groups (broad SMARTS) is 1. The number of aromatic nitrogens is 1. The fourth-order valence-electron chi connectivity index (χ4n) is 1.75. The molecule has 5 nitrogen and oxygen atoms in total. The molecule has 0 aliphatic heterocycles. The molecule has 1 amide bonds. The zero-order chi connectivity index (χ0) is 14.7. The van der Waals surface area contributed by atoms with Crippen molar-refractivity contribution in [1.82, 2.24) is 4.98 Å². The van der Waals surface area contributed by atoms with Gasteiger partial charge in [-0.15, -0.1) is 0 Å². The van der Waals surface area contributed by atoms with E-state index in [1.807, 2.05) is 0 Å². The Labute approximate surface area is 114 Å². The Bertz CT molecular complexity index is 656. The maximum atomic E-state index is 12.7. The molecule has 0 saturated carbocycles. The summed E-state index contributed by atoms with van der Waals surface area (Å²) in [5.41, 5.74) is 0.446. The first-order chi connectivity index (χ1) is 9.50. The Morgan fingerprint density at radius 1 is 1.20 bits per heavy atom. The standard InChI is InChI=1S/C14H11FN2O3/c1-17(11-5-3-2-4-10(11)14(19)20)13(18)9-6-7-12(15)16-8-9/h2-8H,1H3,(H,19,20). The van der Waals surface area contributed by atoms with Gasteiger partial charge in [-0.25, -0.2) is 9.78 Å². The summed E-state index contributed by atoms with van der Waals surface area (Å²) in [6.07, 6.45) is 1.11. The second-order valence-electron chi connectivity index (χ2n) is 4.06. The molecule has 20 heavy (non-hydrogen) atoms. The van der Waals surface area contributed by atoms with E-state index in [-0.39, 0.29) is 16.8 Å². The van der Waals surface area contributed by atoms with Crippen LogP contribution in [0.4, 0.5) is 10.1 Å². The van der Waals surface area contributed by atoms with Gasteiger partial charge in [0.2, 0.25) is 5.95 Å². The number of hydrogen-bond acceptors (Lipinski definition) is 3. The minimum absolute atomic E-state index is 0.0124. The summed E-state index contributed by atoms with van der Waals surface area (Å²) in [5, 5.41) is 9.10. The van der Waals surface area contributed by atoms with Crippen molar-refractivity contribution in [3.05, 3.63) is 59.7 Å². The molecule has 0 radical (unpaired) electrons. The summed E-state index contributed by atoms with van der Waals surface area (Å²) in [6, 6.07) is 8.51. The number of anilines is 1. The molecule has 0 aliphatic rings. The van der Waals surface area contributed by atoms with Gasteiger partial charge in [0.15, 0.2) is 0 Å². The molecule has 1 aromatic heterocycles. The number of rotatable bonds is 3. The number of para-hydroxylation sites is 1. The smallest absolute Gasteiger partial charge is 0.337 e. The SMILES string of the molecule is CN(C(=O)c1ccc(F)nc1)c1ccccc1C(=O)O. The fraction of sp³-hybridized carbons (Fsp3) is 0.0714. The lowest BCUT2D eigenvalue weighted by atomic mass is 10.1. The van der Waals surface area contributed by atoms with Crippen LogP contribution in [-0.2, 0) is 0 Å². The zero-order valence-electron chi connectivity index (χ0n) is 10.6. The van der Waals surface area contributed by atoms with Crippen molar-refractivity contribution in [1.29, 1.82) is 0 Å². The lowest BCUT2D eigenvalue weighted by Gasteiger charge is -2.19. The Hall–Kier alpha value is -2.76. The van der Waals surface area contributed by atoms with Crippen molar-refractivity contribution < 1.29 is 19.1 Å². The lowest BCUT2D eigenvalue weighted by Crippen LogP contribution is -2.28. The highest BCUT2D eigenvalue weighted by Crippen LogP contribution is 2.20. The first-order valence-corrected chi connectivity index (χ1v) is 5.72. The van der Waals surface area contributed by atoms with Gasteiger partial charge >= 0.3 is 5.97 Å². The summed E-state index contributed by atoms with van der Waals surface area (Å²) >= 11 is 0. The van der Waals surface area contributed by atoms with Gasteiger partial charge in [-0.2, -0.15) is 4.39 Å². The number of pyridine rings is 1. The van der Waals surface area contributed by atoms with E-state index in [1.165, 1.54) is 30.1 Å². The zero-order valence-corrected chi connectivity index (χ0v) is 10.6. The number of hydrogen-bond donors (Lipinski definition) is 1. The van der Waals surface area contributed by atoms with E-state index in [2.05, 4.69) is 4.98 Å². The van der Waals surface area contributed by atoms with Crippen molar-refractivity contribution in [3.8, 4) is 0 Å². The Balaban J connectivity index is 2.36. The highest BCUT2D eigenvalue weighted by Gasteiger charge is 2.19. The first kappa shape index (κ1) is 13.7. The van der Waals surface area contributed by atoms with E-state index in [0.717, 1.165) is 12.3 Å². The molecule has 1 aromatic carbocycles. The molecule has 0 aliphatic carbocycles. The van der Waals surface area contributed by atoms with Crippen LogP contribution in [0, 0.1) is 5.95 Å². The third kappa shape index (κ3) is 2.64. The highest BCUT2D eigenvalue weighted by atomic mass is 19.1. The van der Waals surface area contributed by atoms with Crippen molar-refractivity contribution in [2.24, 2.45) is 0 Å². The molecule has 0 spiro atoms. The van der Waals surface area contributed by atoms with E-state index < -0.39 is 17.8 Å². The number of carboxylic acids is 1. The van der Waals surface area contributed by atoms with Gasteiger partial charge in [-0.3, -0.25) is 4.79 Å². The molecule has 102 valence electrons. The molecule has 0 saturated heterocycles. The number of benzene rings is 1. The van der Waals surface area contributed by atoms with Gasteiger partial charge in [0.1, 0.15) is 0 Å². The van der Waals surface area contributed by atoms with Crippen LogP contribution < -0.4 is 4.90 Å². The molecular formula is C14H11FN2O3. The summed E-state index contributed by atoms with van der Waals surface area (Å²) in [7, 11) is 1.45. The molecule has 1 heterocycles. The second kappa shape index (κ2) is 5.48. The third-order valence-electron chi connectivity index (χ3n) is 2.77. The van der Waals surface area contributed by atoms with E-state index in [0.29, 0.717) is 0 Å². The first-order valence-electron chi connectivity index (χ1n) is 5.72. The summed E-state index contributed by atoms with van der Waals surface area (Å²) in [4.78, 5) is 27.9. The number of carbonyl (C=O) groups excluding carboxylic acids is 1. The average molecular weight is 274 g/mol. The van der Waals surface area contributed by atoms with Gasteiger partial charge in [0, 0.05) is 13.2 Å². The molecule has 2 rings (SSSR count). The quantitative estimate of drug-likeness (QED) is 0.871. The van der Waals surface area contributed by atoms with Crippen molar-refractivity contribution in [3.63, 3.8) is 0 Å². The van der Waals surface area contributed by atoms with Crippen LogP contribution in [0.2, 0.25) is 0 Å². The van der Waals surface area contributed by atoms with Crippen molar-refractivity contribution in [2.75, 3.05) is 11.9 Å². The van der Waals surface area contributed by atoms with Gasteiger partial charge in [0.25, 0.3) is 5.91 Å². The fourth-order valence-corrected chi connectivity index (χ4v) is 1.75. The van der Waals surface area contributed by atoms with Crippen LogP contribution >= 0.6 is 0 Å². The topological polar surface area (TPSA) is 70.5 Å². The highest BCUT2D eigenvalue weighted by molar-refractivity contribution is 6.08. The summed E-state index contributed by atoms with van der Waals surface area (Å²) < 4.78 is 12.7. The second-order valence-corrected chi connectivity index (χ2v) is 4.06. The Kier molecular flexibility index (Phi) is 3.74. The van der Waals surface area contributed by atoms with Crippen molar-refractivity contribution in [2.45, 2.75) is 0 Å². The van der Waals surface area contributed by atoms with E-state index in [4.69, 9.17) is 5.11 Å². The average Bonchev–Trinajstić information content (AvgIpc) is 2.46. The molecule has 0 unspecified atom stereocenters. The molecule has 2 aromatic rings. The van der Waals surface area contributed by atoms with Crippen molar-refractivity contribution >= 4 is 17.6 Å². The molecule has 0 fully saturated rings. The number of aromatic carboxylic acids is 1. The molecule has 0 bridgehead atoms. The molecule has 1 N–H and O–H groups in total. The maximum absolute atomic E-state index is 12.7. The number of halogens is 1. The van der Waals surface area contributed by atoms with Crippen LogP contribution in [0.25, 0.3) is 0 Å².